The quantitative estimate of drug-likeness (QED) is 0.473. The Morgan fingerprint density at radius 1 is 1.50 bits per heavy atom. The number of hydrogen-bond acceptors (Lipinski definition) is 6. The van der Waals surface area contributed by atoms with Crippen LogP contribution in [0.2, 0.25) is 0 Å². The summed E-state index contributed by atoms with van der Waals surface area (Å²) in [5.74, 6) is 0.658. The fourth-order valence-corrected chi connectivity index (χ4v) is 1.51. The van der Waals surface area contributed by atoms with E-state index in [2.05, 4.69) is 5.32 Å². The van der Waals surface area contributed by atoms with Crippen LogP contribution in [0.5, 0.6) is 0 Å². The number of ether oxygens (including phenoxy) is 1. The van der Waals surface area contributed by atoms with E-state index in [1.54, 1.807) is 0 Å². The summed E-state index contributed by atoms with van der Waals surface area (Å²) in [6.07, 6.45) is -3.26. The molecule has 0 aromatic heterocycles. The Labute approximate surface area is 99.0 Å². The molecule has 0 radical (unpaired) electrons. The van der Waals surface area contributed by atoms with Crippen molar-refractivity contribution in [2.45, 2.75) is 25.2 Å². The first-order valence-electron chi connectivity index (χ1n) is 4.97. The van der Waals surface area contributed by atoms with Crippen LogP contribution in [0, 0.1) is 0 Å². The summed E-state index contributed by atoms with van der Waals surface area (Å²) in [5, 5.41) is 29.7. The number of rotatable bonds is 7. The first-order chi connectivity index (χ1) is 7.56. The first kappa shape index (κ1) is 15.7. The molecule has 3 atom stereocenters. The van der Waals surface area contributed by atoms with Crippen LogP contribution in [0.3, 0.4) is 0 Å². The molecule has 0 fully saturated rings. The van der Waals surface area contributed by atoms with Crippen molar-refractivity contribution >= 4 is 17.0 Å². The molecule has 6 nitrogen and oxygen atoms in total. The van der Waals surface area contributed by atoms with Gasteiger partial charge in [0.1, 0.15) is 18.3 Å². The Balaban J connectivity index is 4.04. The monoisotopic (exact) mass is 253 g/mol. The van der Waals surface area contributed by atoms with Crippen LogP contribution in [-0.4, -0.2) is 64.9 Å². The summed E-state index contributed by atoms with van der Waals surface area (Å²) in [5.41, 5.74) is 0. The molecule has 4 N–H and O–H groups in total. The SMILES string of the molecule is CCSC(=O)NC[C@@H](OC)[C@H](O)C(O)CO. The smallest absolute Gasteiger partial charge is 0.279 e. The van der Waals surface area contributed by atoms with E-state index in [1.165, 1.54) is 7.11 Å². The van der Waals surface area contributed by atoms with Gasteiger partial charge in [-0.3, -0.25) is 4.79 Å². The van der Waals surface area contributed by atoms with Gasteiger partial charge in [0, 0.05) is 13.7 Å². The number of thioether (sulfide) groups is 1. The number of methoxy groups -OCH3 is 1. The molecular formula is C9H19NO5S. The Kier molecular flexibility index (Phi) is 8.58. The lowest BCUT2D eigenvalue weighted by molar-refractivity contribution is -0.0871. The molecule has 0 saturated carbocycles. The van der Waals surface area contributed by atoms with Crippen LogP contribution in [0.15, 0.2) is 0 Å². The average Bonchev–Trinajstić information content (AvgIpc) is 2.28. The lowest BCUT2D eigenvalue weighted by Crippen LogP contribution is -2.46. The lowest BCUT2D eigenvalue weighted by atomic mass is 10.1. The molecule has 0 rings (SSSR count). The van der Waals surface area contributed by atoms with Gasteiger partial charge < -0.3 is 25.4 Å². The maximum absolute atomic E-state index is 11.1. The van der Waals surface area contributed by atoms with Crippen molar-refractivity contribution < 1.29 is 24.9 Å². The highest BCUT2D eigenvalue weighted by atomic mass is 32.2. The van der Waals surface area contributed by atoms with Gasteiger partial charge in [0.05, 0.1) is 6.61 Å². The Bertz CT molecular complexity index is 204. The molecule has 0 aromatic carbocycles. The Morgan fingerprint density at radius 3 is 2.56 bits per heavy atom. The molecule has 1 unspecified atom stereocenters. The topological polar surface area (TPSA) is 99.0 Å². The number of aliphatic hydroxyl groups is 3. The maximum atomic E-state index is 11.1. The third-order valence-corrected chi connectivity index (χ3v) is 2.68. The normalized spacial score (nSPS) is 16.6. The zero-order valence-corrected chi connectivity index (χ0v) is 10.2. The Hall–Kier alpha value is -0.340. The molecule has 96 valence electrons. The van der Waals surface area contributed by atoms with Crippen molar-refractivity contribution in [3.8, 4) is 0 Å². The predicted molar refractivity (Wildman–Crippen MR) is 61.4 cm³/mol. The Morgan fingerprint density at radius 2 is 2.12 bits per heavy atom. The van der Waals surface area contributed by atoms with Gasteiger partial charge in [0.15, 0.2) is 0 Å². The minimum Gasteiger partial charge on any atom is -0.394 e. The molecule has 1 amide bonds. The second-order valence-electron chi connectivity index (χ2n) is 3.12. The van der Waals surface area contributed by atoms with Crippen LogP contribution in [0.25, 0.3) is 0 Å². The van der Waals surface area contributed by atoms with E-state index in [0.29, 0.717) is 5.75 Å². The highest BCUT2D eigenvalue weighted by molar-refractivity contribution is 8.13. The number of hydrogen-bond donors (Lipinski definition) is 4. The van der Waals surface area contributed by atoms with E-state index < -0.39 is 24.9 Å². The standard InChI is InChI=1S/C9H19NO5S/c1-3-16-9(14)10-4-7(15-2)8(13)6(12)5-11/h6-8,11-13H,3-5H2,1-2H3,(H,10,14)/t6?,7-,8-/m1/s1. The second kappa shape index (κ2) is 8.77. The molecule has 0 spiro atoms. The molecule has 0 aliphatic rings. The van der Waals surface area contributed by atoms with Gasteiger partial charge in [0.25, 0.3) is 5.24 Å². The number of nitrogens with one attached hydrogen (secondary N) is 1. The molecule has 0 aliphatic carbocycles. The van der Waals surface area contributed by atoms with Crippen LogP contribution in [-0.2, 0) is 4.74 Å². The fraction of sp³-hybridized carbons (Fsp3) is 0.889. The van der Waals surface area contributed by atoms with Gasteiger partial charge in [-0.2, -0.15) is 0 Å². The molecule has 0 aliphatic heterocycles. The number of amides is 1. The van der Waals surface area contributed by atoms with Crippen LogP contribution >= 0.6 is 11.8 Å². The van der Waals surface area contributed by atoms with Crippen LogP contribution in [0.4, 0.5) is 4.79 Å². The van der Waals surface area contributed by atoms with Gasteiger partial charge >= 0.3 is 0 Å². The number of aliphatic hydroxyl groups excluding tert-OH is 3. The predicted octanol–water partition coefficient (Wildman–Crippen LogP) is -0.822. The van der Waals surface area contributed by atoms with Crippen molar-refractivity contribution in [1.29, 1.82) is 0 Å². The summed E-state index contributed by atoms with van der Waals surface area (Å²) in [4.78, 5) is 11.1. The van der Waals surface area contributed by atoms with E-state index in [-0.39, 0.29) is 11.8 Å². The van der Waals surface area contributed by atoms with E-state index >= 15 is 0 Å². The van der Waals surface area contributed by atoms with Gasteiger partial charge in [-0.1, -0.05) is 18.7 Å². The number of carbonyl (C=O) groups is 1. The third-order valence-electron chi connectivity index (χ3n) is 1.99. The lowest BCUT2D eigenvalue weighted by Gasteiger charge is -2.24. The van der Waals surface area contributed by atoms with E-state index in [1.807, 2.05) is 6.92 Å². The van der Waals surface area contributed by atoms with E-state index in [0.717, 1.165) is 11.8 Å². The van der Waals surface area contributed by atoms with Crippen molar-refractivity contribution in [2.24, 2.45) is 0 Å². The number of carbonyl (C=O) groups excluding carboxylic acids is 1. The summed E-state index contributed by atoms with van der Waals surface area (Å²) in [6, 6.07) is 0. The van der Waals surface area contributed by atoms with Crippen LogP contribution in [0.1, 0.15) is 6.92 Å². The molecule has 0 bridgehead atoms. The maximum Gasteiger partial charge on any atom is 0.279 e. The fourth-order valence-electron chi connectivity index (χ4n) is 1.07. The zero-order valence-electron chi connectivity index (χ0n) is 9.42. The van der Waals surface area contributed by atoms with Crippen molar-refractivity contribution in [2.75, 3.05) is 26.0 Å². The highest BCUT2D eigenvalue weighted by Crippen LogP contribution is 2.05. The van der Waals surface area contributed by atoms with Gasteiger partial charge in [-0.05, 0) is 5.75 Å². The summed E-state index contributed by atoms with van der Waals surface area (Å²) in [6.45, 7) is 1.38. The molecule has 0 heterocycles. The van der Waals surface area contributed by atoms with Gasteiger partial charge in [0.2, 0.25) is 0 Å². The second-order valence-corrected chi connectivity index (χ2v) is 4.35. The minimum absolute atomic E-state index is 0.0839. The van der Waals surface area contributed by atoms with Crippen molar-refractivity contribution in [3.63, 3.8) is 0 Å². The van der Waals surface area contributed by atoms with Crippen LogP contribution < -0.4 is 5.32 Å². The first-order valence-corrected chi connectivity index (χ1v) is 5.95. The molecule has 16 heavy (non-hydrogen) atoms. The van der Waals surface area contributed by atoms with E-state index in [9.17, 15) is 15.0 Å². The average molecular weight is 253 g/mol. The molecule has 7 heteroatoms. The zero-order chi connectivity index (χ0) is 12.6. The minimum atomic E-state index is -1.28. The van der Waals surface area contributed by atoms with Crippen molar-refractivity contribution in [3.05, 3.63) is 0 Å². The third kappa shape index (κ3) is 5.66. The van der Waals surface area contributed by atoms with Gasteiger partial charge in [-0.15, -0.1) is 0 Å². The van der Waals surface area contributed by atoms with Crippen molar-refractivity contribution in [1.82, 2.24) is 5.32 Å². The molecule has 0 saturated heterocycles. The largest absolute Gasteiger partial charge is 0.394 e. The highest BCUT2D eigenvalue weighted by Gasteiger charge is 2.26. The summed E-state index contributed by atoms with van der Waals surface area (Å²) >= 11 is 1.11. The van der Waals surface area contributed by atoms with Gasteiger partial charge in [-0.25, -0.2) is 0 Å². The summed E-state index contributed by atoms with van der Waals surface area (Å²) in [7, 11) is 1.36. The molecular weight excluding hydrogens is 234 g/mol. The molecule has 0 aromatic rings. The van der Waals surface area contributed by atoms with E-state index in [4.69, 9.17) is 9.84 Å². The summed E-state index contributed by atoms with van der Waals surface area (Å²) < 4.78 is 4.92.